The highest BCUT2D eigenvalue weighted by Gasteiger charge is 2.22. The Kier molecular flexibility index (Phi) is 4.02. The Morgan fingerprint density at radius 1 is 1.36 bits per heavy atom. The first-order valence-corrected chi connectivity index (χ1v) is 7.83. The molecule has 1 aromatic carbocycles. The summed E-state index contributed by atoms with van der Waals surface area (Å²) in [6, 6.07) is 3.79. The van der Waals surface area contributed by atoms with E-state index in [2.05, 4.69) is 0 Å². The number of ether oxygens (including phenoxy) is 1. The zero-order chi connectivity index (χ0) is 15.9. The van der Waals surface area contributed by atoms with Crippen LogP contribution in [0.3, 0.4) is 0 Å². The molecule has 0 radical (unpaired) electrons. The van der Waals surface area contributed by atoms with Crippen molar-refractivity contribution in [2.24, 2.45) is 12.8 Å². The molecule has 22 heavy (non-hydrogen) atoms. The number of nitrogens with two attached hydrogens (primary N) is 1. The predicted octanol–water partition coefficient (Wildman–Crippen LogP) is 2.16. The molecule has 0 spiro atoms. The van der Waals surface area contributed by atoms with Crippen molar-refractivity contribution in [1.82, 2.24) is 9.55 Å². The van der Waals surface area contributed by atoms with Crippen LogP contribution < -0.4 is 11.3 Å². The summed E-state index contributed by atoms with van der Waals surface area (Å²) in [5, 5.41) is 0.658. The van der Waals surface area contributed by atoms with Crippen LogP contribution in [0.2, 0.25) is 0 Å². The molecule has 1 aliphatic heterocycles. The fourth-order valence-electron chi connectivity index (χ4n) is 3.24. The molecule has 1 saturated heterocycles. The van der Waals surface area contributed by atoms with Crippen LogP contribution in [-0.2, 0) is 11.8 Å². The second kappa shape index (κ2) is 5.82. The summed E-state index contributed by atoms with van der Waals surface area (Å²) in [7, 11) is 1.81. The van der Waals surface area contributed by atoms with Crippen molar-refractivity contribution < 1.29 is 4.74 Å². The van der Waals surface area contributed by atoms with Crippen LogP contribution in [0.1, 0.15) is 48.7 Å². The summed E-state index contributed by atoms with van der Waals surface area (Å²) in [6.07, 6.45) is 1.82. The average Bonchev–Trinajstić information content (AvgIpc) is 2.51. The summed E-state index contributed by atoms with van der Waals surface area (Å²) in [5.41, 5.74) is 8.85. The van der Waals surface area contributed by atoms with Crippen molar-refractivity contribution in [2.45, 2.75) is 38.6 Å². The molecule has 1 aliphatic rings. The lowest BCUT2D eigenvalue weighted by molar-refractivity contribution is 0.0828. The smallest absolute Gasteiger partial charge is 0.261 e. The zero-order valence-electron chi connectivity index (χ0n) is 13.4. The largest absolute Gasteiger partial charge is 0.381 e. The van der Waals surface area contributed by atoms with Gasteiger partial charge in [0.05, 0.1) is 10.9 Å². The summed E-state index contributed by atoms with van der Waals surface area (Å²) >= 11 is 0. The topological polar surface area (TPSA) is 70.1 Å². The van der Waals surface area contributed by atoms with Crippen LogP contribution >= 0.6 is 0 Å². The van der Waals surface area contributed by atoms with Gasteiger partial charge in [0.1, 0.15) is 5.82 Å². The molecule has 2 heterocycles. The highest BCUT2D eigenvalue weighted by Crippen LogP contribution is 2.28. The Labute approximate surface area is 130 Å². The van der Waals surface area contributed by atoms with Crippen molar-refractivity contribution in [3.8, 4) is 0 Å². The van der Waals surface area contributed by atoms with Gasteiger partial charge in [0.2, 0.25) is 0 Å². The third-order valence-electron chi connectivity index (χ3n) is 4.47. The maximum atomic E-state index is 12.8. The highest BCUT2D eigenvalue weighted by molar-refractivity contribution is 5.82. The number of fused-ring (bicyclic) bond motifs is 1. The van der Waals surface area contributed by atoms with Crippen molar-refractivity contribution in [1.29, 1.82) is 0 Å². The minimum Gasteiger partial charge on any atom is -0.381 e. The van der Waals surface area contributed by atoms with E-state index in [1.165, 1.54) is 0 Å². The molecule has 0 aliphatic carbocycles. The van der Waals surface area contributed by atoms with Gasteiger partial charge in [-0.25, -0.2) is 4.98 Å². The monoisotopic (exact) mass is 301 g/mol. The average molecular weight is 301 g/mol. The minimum atomic E-state index is -0.149. The minimum absolute atomic E-state index is 0.0112. The van der Waals surface area contributed by atoms with Crippen molar-refractivity contribution >= 4 is 10.9 Å². The van der Waals surface area contributed by atoms with Crippen LogP contribution in [0, 0.1) is 6.92 Å². The fraction of sp³-hybridized carbons (Fsp3) is 0.529. The van der Waals surface area contributed by atoms with Gasteiger partial charge >= 0.3 is 0 Å². The molecule has 0 saturated carbocycles. The Morgan fingerprint density at radius 2 is 2.05 bits per heavy atom. The Bertz CT molecular complexity index is 759. The Balaban J connectivity index is 2.27. The van der Waals surface area contributed by atoms with E-state index in [0.29, 0.717) is 5.39 Å². The first kappa shape index (κ1) is 15.2. The molecule has 5 heteroatoms. The molecule has 0 unspecified atom stereocenters. The van der Waals surface area contributed by atoms with Crippen LogP contribution in [0.25, 0.3) is 10.9 Å². The number of hydrogen-bond donors (Lipinski definition) is 1. The van der Waals surface area contributed by atoms with Crippen molar-refractivity contribution in [3.05, 3.63) is 39.4 Å². The van der Waals surface area contributed by atoms with E-state index in [1.54, 1.807) is 4.57 Å². The van der Waals surface area contributed by atoms with Gasteiger partial charge in [-0.15, -0.1) is 0 Å². The molecule has 1 fully saturated rings. The number of nitrogens with zero attached hydrogens (tertiary/aromatic N) is 2. The number of benzene rings is 1. The van der Waals surface area contributed by atoms with Gasteiger partial charge < -0.3 is 10.5 Å². The van der Waals surface area contributed by atoms with E-state index < -0.39 is 0 Å². The van der Waals surface area contributed by atoms with Gasteiger partial charge in [0.15, 0.2) is 0 Å². The SMILES string of the molecule is Cc1cc([C@@H](C)N)c2nc(C3CCOCC3)n(C)c(=O)c2c1. The summed E-state index contributed by atoms with van der Waals surface area (Å²) in [6.45, 7) is 5.37. The second-order valence-electron chi connectivity index (χ2n) is 6.26. The molecule has 118 valence electrons. The van der Waals surface area contributed by atoms with Gasteiger partial charge in [0.25, 0.3) is 5.56 Å². The van der Waals surface area contributed by atoms with E-state index in [1.807, 2.05) is 33.0 Å². The van der Waals surface area contributed by atoms with E-state index in [0.717, 1.165) is 48.5 Å². The molecule has 5 nitrogen and oxygen atoms in total. The van der Waals surface area contributed by atoms with Crippen LogP contribution in [-0.4, -0.2) is 22.8 Å². The molecular formula is C17H23N3O2. The fourth-order valence-corrected chi connectivity index (χ4v) is 3.24. The third kappa shape index (κ3) is 2.55. The molecular weight excluding hydrogens is 278 g/mol. The number of aryl methyl sites for hydroxylation is 1. The zero-order valence-corrected chi connectivity index (χ0v) is 13.4. The van der Waals surface area contributed by atoms with Gasteiger partial charge in [0, 0.05) is 32.2 Å². The first-order chi connectivity index (χ1) is 10.5. The molecule has 1 aromatic heterocycles. The Morgan fingerprint density at radius 3 is 2.68 bits per heavy atom. The lowest BCUT2D eigenvalue weighted by atomic mass is 9.97. The lowest BCUT2D eigenvalue weighted by Gasteiger charge is -2.24. The summed E-state index contributed by atoms with van der Waals surface area (Å²) in [4.78, 5) is 17.6. The molecule has 2 aromatic rings. The van der Waals surface area contributed by atoms with Gasteiger partial charge in [-0.3, -0.25) is 9.36 Å². The van der Waals surface area contributed by atoms with E-state index in [4.69, 9.17) is 15.5 Å². The summed E-state index contributed by atoms with van der Waals surface area (Å²) < 4.78 is 7.12. The maximum Gasteiger partial charge on any atom is 0.261 e. The number of rotatable bonds is 2. The molecule has 0 bridgehead atoms. The van der Waals surface area contributed by atoms with Crippen molar-refractivity contribution in [2.75, 3.05) is 13.2 Å². The molecule has 1 atom stereocenters. The maximum absolute atomic E-state index is 12.8. The Hall–Kier alpha value is -1.72. The first-order valence-electron chi connectivity index (χ1n) is 7.83. The van der Waals surface area contributed by atoms with Crippen molar-refractivity contribution in [3.63, 3.8) is 0 Å². The second-order valence-corrected chi connectivity index (χ2v) is 6.26. The number of aromatic nitrogens is 2. The highest BCUT2D eigenvalue weighted by atomic mass is 16.5. The quantitative estimate of drug-likeness (QED) is 0.922. The summed E-state index contributed by atoms with van der Waals surface area (Å²) in [5.74, 6) is 1.13. The van der Waals surface area contributed by atoms with Gasteiger partial charge in [-0.2, -0.15) is 0 Å². The number of hydrogen-bond acceptors (Lipinski definition) is 4. The van der Waals surface area contributed by atoms with Crippen LogP contribution in [0.5, 0.6) is 0 Å². The third-order valence-corrected chi connectivity index (χ3v) is 4.47. The standard InChI is InChI=1S/C17H23N3O2/c1-10-8-13(11(2)18)15-14(9-10)17(21)20(3)16(19-15)12-4-6-22-7-5-12/h8-9,11-12H,4-7,18H2,1-3H3/t11-/m1/s1. The van der Waals surface area contributed by atoms with E-state index in [9.17, 15) is 4.79 Å². The molecule has 3 rings (SSSR count). The molecule has 2 N–H and O–H groups in total. The molecule has 0 amide bonds. The van der Waals surface area contributed by atoms with Crippen LogP contribution in [0.15, 0.2) is 16.9 Å². The van der Waals surface area contributed by atoms with E-state index in [-0.39, 0.29) is 17.5 Å². The lowest BCUT2D eigenvalue weighted by Crippen LogP contribution is -2.27. The normalized spacial score (nSPS) is 17.8. The predicted molar refractivity (Wildman–Crippen MR) is 87.1 cm³/mol. The van der Waals surface area contributed by atoms with E-state index >= 15 is 0 Å². The van der Waals surface area contributed by atoms with Gasteiger partial charge in [-0.1, -0.05) is 6.07 Å². The van der Waals surface area contributed by atoms with Gasteiger partial charge in [-0.05, 0) is 43.9 Å². The van der Waals surface area contributed by atoms with Crippen LogP contribution in [0.4, 0.5) is 0 Å².